The lowest BCUT2D eigenvalue weighted by molar-refractivity contribution is -0.117. The Morgan fingerprint density at radius 3 is 2.62 bits per heavy atom. The van der Waals surface area contributed by atoms with E-state index >= 15 is 0 Å². The molecule has 0 fully saturated rings. The van der Waals surface area contributed by atoms with Crippen molar-refractivity contribution < 1.29 is 9.59 Å². The third kappa shape index (κ3) is 3.99. The number of carbonyl (C=O) groups excluding carboxylic acids is 2. The SMILES string of the molecule is N#C[C@@H](C(=O)Nc1ccccn1)C(=O)c1cnn(Cc2ccccc2)c1. The number of nitrogens with zero attached hydrogens (tertiary/aromatic N) is 4. The number of amides is 1. The number of Topliss-reactive ketones (excluding diaryl/α,β-unsaturated/α-hetero) is 1. The van der Waals surface area contributed by atoms with E-state index in [0.29, 0.717) is 6.54 Å². The predicted molar refractivity (Wildman–Crippen MR) is 94.1 cm³/mol. The minimum atomic E-state index is -1.47. The largest absolute Gasteiger partial charge is 0.309 e. The quantitative estimate of drug-likeness (QED) is 0.546. The summed E-state index contributed by atoms with van der Waals surface area (Å²) in [5, 5.41) is 15.9. The van der Waals surface area contributed by atoms with Gasteiger partial charge in [0.25, 0.3) is 5.91 Å². The van der Waals surface area contributed by atoms with Gasteiger partial charge in [-0.1, -0.05) is 36.4 Å². The molecule has 128 valence electrons. The number of aromatic nitrogens is 3. The Hall–Kier alpha value is -3.79. The van der Waals surface area contributed by atoms with Crippen LogP contribution < -0.4 is 5.32 Å². The number of anilines is 1. The molecule has 26 heavy (non-hydrogen) atoms. The molecular weight excluding hydrogens is 330 g/mol. The number of nitrogens with one attached hydrogen (secondary N) is 1. The normalized spacial score (nSPS) is 11.3. The first-order valence-corrected chi connectivity index (χ1v) is 7.89. The zero-order valence-electron chi connectivity index (χ0n) is 13.7. The molecule has 0 aliphatic carbocycles. The van der Waals surface area contributed by atoms with Crippen LogP contribution in [0.1, 0.15) is 15.9 Å². The van der Waals surface area contributed by atoms with Crippen molar-refractivity contribution in [1.29, 1.82) is 5.26 Å². The number of rotatable bonds is 6. The van der Waals surface area contributed by atoms with E-state index in [1.54, 1.807) is 29.0 Å². The topological polar surface area (TPSA) is 101 Å². The Balaban J connectivity index is 1.71. The Bertz CT molecular complexity index is 945. The van der Waals surface area contributed by atoms with Crippen LogP contribution in [0.15, 0.2) is 67.1 Å². The Kier molecular flexibility index (Phi) is 5.15. The molecule has 1 atom stereocenters. The van der Waals surface area contributed by atoms with Gasteiger partial charge in [0.15, 0.2) is 11.7 Å². The van der Waals surface area contributed by atoms with E-state index in [1.165, 1.54) is 18.6 Å². The minimum Gasteiger partial charge on any atom is -0.309 e. The summed E-state index contributed by atoms with van der Waals surface area (Å²) < 4.78 is 1.59. The smallest absolute Gasteiger partial charge is 0.250 e. The second-order valence-corrected chi connectivity index (χ2v) is 5.54. The summed E-state index contributed by atoms with van der Waals surface area (Å²) in [5.74, 6) is -2.50. The van der Waals surface area contributed by atoms with Crippen LogP contribution in [0.25, 0.3) is 0 Å². The molecular formula is C19H15N5O2. The van der Waals surface area contributed by atoms with E-state index in [9.17, 15) is 14.9 Å². The molecule has 1 N–H and O–H groups in total. The maximum absolute atomic E-state index is 12.5. The first-order chi connectivity index (χ1) is 12.7. The van der Waals surface area contributed by atoms with Crippen LogP contribution in [0.4, 0.5) is 5.82 Å². The van der Waals surface area contributed by atoms with E-state index in [4.69, 9.17) is 0 Å². The van der Waals surface area contributed by atoms with Crippen LogP contribution in [0, 0.1) is 17.2 Å². The number of pyridine rings is 1. The molecule has 1 aromatic carbocycles. The molecule has 3 aromatic rings. The highest BCUT2D eigenvalue weighted by atomic mass is 16.2. The van der Waals surface area contributed by atoms with Gasteiger partial charge in [-0.15, -0.1) is 0 Å². The fourth-order valence-corrected chi connectivity index (χ4v) is 2.39. The van der Waals surface area contributed by atoms with E-state index in [2.05, 4.69) is 15.4 Å². The second-order valence-electron chi connectivity index (χ2n) is 5.54. The zero-order valence-corrected chi connectivity index (χ0v) is 13.7. The summed E-state index contributed by atoms with van der Waals surface area (Å²) >= 11 is 0. The number of nitriles is 1. The monoisotopic (exact) mass is 345 g/mol. The summed E-state index contributed by atoms with van der Waals surface area (Å²) in [4.78, 5) is 28.7. The molecule has 0 saturated carbocycles. The van der Waals surface area contributed by atoms with Crippen molar-refractivity contribution in [3.05, 3.63) is 78.2 Å². The average Bonchev–Trinajstić information content (AvgIpc) is 3.12. The third-order valence-electron chi connectivity index (χ3n) is 3.67. The molecule has 7 heteroatoms. The first kappa shape index (κ1) is 17.0. The van der Waals surface area contributed by atoms with Crippen LogP contribution in [0.3, 0.4) is 0 Å². The Morgan fingerprint density at radius 1 is 1.15 bits per heavy atom. The lowest BCUT2D eigenvalue weighted by atomic mass is 10.0. The zero-order chi connectivity index (χ0) is 18.4. The summed E-state index contributed by atoms with van der Waals surface area (Å²) in [6.45, 7) is 0.492. The molecule has 3 rings (SSSR count). The van der Waals surface area contributed by atoms with Crippen LogP contribution in [-0.2, 0) is 11.3 Å². The molecule has 0 saturated heterocycles. The van der Waals surface area contributed by atoms with Crippen molar-refractivity contribution in [1.82, 2.24) is 14.8 Å². The van der Waals surface area contributed by atoms with E-state index < -0.39 is 17.6 Å². The molecule has 0 bridgehead atoms. The molecule has 0 spiro atoms. The molecule has 0 radical (unpaired) electrons. The summed E-state index contributed by atoms with van der Waals surface area (Å²) in [5.41, 5.74) is 1.24. The van der Waals surface area contributed by atoms with Gasteiger partial charge in [0.1, 0.15) is 5.82 Å². The number of hydrogen-bond acceptors (Lipinski definition) is 5. The molecule has 1 amide bonds. The molecule has 0 aliphatic rings. The standard InChI is InChI=1S/C19H15N5O2/c20-10-16(19(26)23-17-8-4-5-9-21-17)18(25)15-11-22-24(13-15)12-14-6-2-1-3-7-14/h1-9,11,13,16H,12H2,(H,21,23,26)/t16-/m1/s1. The molecule has 2 aromatic heterocycles. The predicted octanol–water partition coefficient (Wildman–Crippen LogP) is 2.29. The number of carbonyl (C=O) groups is 2. The van der Waals surface area contributed by atoms with E-state index in [1.807, 2.05) is 30.3 Å². The molecule has 0 aliphatic heterocycles. The lowest BCUT2D eigenvalue weighted by Crippen LogP contribution is -2.28. The van der Waals surface area contributed by atoms with Crippen molar-refractivity contribution in [2.75, 3.05) is 5.32 Å². The van der Waals surface area contributed by atoms with Gasteiger partial charge in [-0.2, -0.15) is 10.4 Å². The van der Waals surface area contributed by atoms with Crippen LogP contribution in [-0.4, -0.2) is 26.5 Å². The maximum atomic E-state index is 12.5. The molecule has 2 heterocycles. The van der Waals surface area contributed by atoms with Gasteiger partial charge in [-0.25, -0.2) is 4.98 Å². The van der Waals surface area contributed by atoms with Crippen molar-refractivity contribution >= 4 is 17.5 Å². The Labute approximate surface area is 149 Å². The van der Waals surface area contributed by atoms with Gasteiger partial charge in [0.2, 0.25) is 0 Å². The summed E-state index contributed by atoms with van der Waals surface area (Å²) in [6, 6.07) is 16.4. The lowest BCUT2D eigenvalue weighted by Gasteiger charge is -2.07. The van der Waals surface area contributed by atoms with Crippen molar-refractivity contribution in [2.45, 2.75) is 6.54 Å². The van der Waals surface area contributed by atoms with Gasteiger partial charge in [0, 0.05) is 12.4 Å². The number of benzene rings is 1. The molecule has 0 unspecified atom stereocenters. The van der Waals surface area contributed by atoms with Gasteiger partial charge >= 0.3 is 0 Å². The summed E-state index contributed by atoms with van der Waals surface area (Å²) in [6.07, 6.45) is 4.41. The number of ketones is 1. The molecule has 7 nitrogen and oxygen atoms in total. The second kappa shape index (κ2) is 7.85. The minimum absolute atomic E-state index is 0.212. The van der Waals surface area contributed by atoms with Crippen molar-refractivity contribution in [3.63, 3.8) is 0 Å². The first-order valence-electron chi connectivity index (χ1n) is 7.89. The fourth-order valence-electron chi connectivity index (χ4n) is 2.39. The van der Waals surface area contributed by atoms with Gasteiger partial charge in [-0.3, -0.25) is 14.3 Å². The third-order valence-corrected chi connectivity index (χ3v) is 3.67. The van der Waals surface area contributed by atoms with E-state index in [0.717, 1.165) is 5.56 Å². The van der Waals surface area contributed by atoms with Crippen molar-refractivity contribution in [2.24, 2.45) is 5.92 Å². The van der Waals surface area contributed by atoms with Gasteiger partial charge in [-0.05, 0) is 17.7 Å². The van der Waals surface area contributed by atoms with Crippen LogP contribution >= 0.6 is 0 Å². The Morgan fingerprint density at radius 2 is 1.92 bits per heavy atom. The van der Waals surface area contributed by atoms with Gasteiger partial charge in [0.05, 0.1) is 24.4 Å². The van der Waals surface area contributed by atoms with Crippen LogP contribution in [0.5, 0.6) is 0 Å². The highest BCUT2D eigenvalue weighted by molar-refractivity contribution is 6.15. The maximum Gasteiger partial charge on any atom is 0.250 e. The highest BCUT2D eigenvalue weighted by Crippen LogP contribution is 2.12. The average molecular weight is 345 g/mol. The van der Waals surface area contributed by atoms with E-state index in [-0.39, 0.29) is 11.4 Å². The van der Waals surface area contributed by atoms with Crippen LogP contribution in [0.2, 0.25) is 0 Å². The highest BCUT2D eigenvalue weighted by Gasteiger charge is 2.28. The fraction of sp³-hybridized carbons (Fsp3) is 0.105. The number of hydrogen-bond donors (Lipinski definition) is 1. The van der Waals surface area contributed by atoms with Crippen molar-refractivity contribution in [3.8, 4) is 6.07 Å². The van der Waals surface area contributed by atoms with Gasteiger partial charge < -0.3 is 5.32 Å². The summed E-state index contributed by atoms with van der Waals surface area (Å²) in [7, 11) is 0.